The fourth-order valence-electron chi connectivity index (χ4n) is 3.77. The van der Waals surface area contributed by atoms with Gasteiger partial charge in [-0.3, -0.25) is 9.59 Å². The molecule has 7 nitrogen and oxygen atoms in total. The van der Waals surface area contributed by atoms with Crippen molar-refractivity contribution in [1.82, 2.24) is 9.88 Å². The first-order valence-electron chi connectivity index (χ1n) is 10.4. The van der Waals surface area contributed by atoms with Crippen LogP contribution in [0.5, 0.6) is 11.5 Å². The molecule has 1 aliphatic rings. The number of carbonyl (C=O) groups excluding carboxylic acids is 2. The average Bonchev–Trinajstić information content (AvgIpc) is 3.48. The van der Waals surface area contributed by atoms with Gasteiger partial charge in [0.1, 0.15) is 5.01 Å². The number of anilines is 1. The van der Waals surface area contributed by atoms with Crippen LogP contribution in [0.2, 0.25) is 0 Å². The van der Waals surface area contributed by atoms with E-state index in [9.17, 15) is 9.59 Å². The largest absolute Gasteiger partial charge is 0.493 e. The van der Waals surface area contributed by atoms with Gasteiger partial charge in [0.25, 0.3) is 0 Å². The Kier molecular flexibility index (Phi) is 6.70. The Hall–Kier alpha value is -3.39. The monoisotopic (exact) mass is 451 g/mol. The summed E-state index contributed by atoms with van der Waals surface area (Å²) in [6.45, 7) is 0.982. The second-order valence-corrected chi connectivity index (χ2v) is 8.48. The van der Waals surface area contributed by atoms with Crippen LogP contribution in [0.3, 0.4) is 0 Å². The summed E-state index contributed by atoms with van der Waals surface area (Å²) in [7, 11) is 3.20. The summed E-state index contributed by atoms with van der Waals surface area (Å²) in [6, 6.07) is 13.3. The fraction of sp³-hybridized carbons (Fsp3) is 0.292. The Morgan fingerprint density at radius 3 is 2.62 bits per heavy atom. The van der Waals surface area contributed by atoms with Crippen molar-refractivity contribution >= 4 is 28.8 Å². The average molecular weight is 452 g/mol. The SMILES string of the molecule is COc1ccc(CCN2C[C@@H](C(=O)Nc3ccc(-c4nccs4)cc3)CC2=O)cc1OC. The number of thiazole rings is 1. The standard InChI is InChI=1S/C24H25N3O4S/c1-30-20-8-3-16(13-21(20)31-2)9-11-27-15-18(14-22(27)28)23(29)26-19-6-4-17(5-7-19)24-25-10-12-32-24/h3-8,10,12-13,18H,9,11,14-15H2,1-2H3,(H,26,29)/t18-/m0/s1. The first kappa shape index (κ1) is 21.8. The number of ether oxygens (including phenoxy) is 2. The van der Waals surface area contributed by atoms with Gasteiger partial charge in [-0.1, -0.05) is 6.07 Å². The van der Waals surface area contributed by atoms with E-state index in [1.807, 2.05) is 47.8 Å². The summed E-state index contributed by atoms with van der Waals surface area (Å²) in [5, 5.41) is 5.80. The van der Waals surface area contributed by atoms with Gasteiger partial charge in [-0.15, -0.1) is 11.3 Å². The second kappa shape index (κ2) is 9.82. The van der Waals surface area contributed by atoms with E-state index in [0.717, 1.165) is 16.1 Å². The summed E-state index contributed by atoms with van der Waals surface area (Å²) in [4.78, 5) is 31.2. The topological polar surface area (TPSA) is 80.8 Å². The van der Waals surface area contributed by atoms with Gasteiger partial charge in [0.05, 0.1) is 20.1 Å². The molecule has 1 N–H and O–H groups in total. The van der Waals surface area contributed by atoms with Gasteiger partial charge in [0.2, 0.25) is 11.8 Å². The van der Waals surface area contributed by atoms with Crippen molar-refractivity contribution in [2.45, 2.75) is 12.8 Å². The number of hydrogen-bond donors (Lipinski definition) is 1. The molecule has 4 rings (SSSR count). The number of aromatic nitrogens is 1. The number of amides is 2. The van der Waals surface area contributed by atoms with E-state index < -0.39 is 0 Å². The molecule has 3 aromatic rings. The van der Waals surface area contributed by atoms with Gasteiger partial charge in [0, 0.05) is 42.3 Å². The van der Waals surface area contributed by atoms with E-state index in [-0.39, 0.29) is 24.2 Å². The summed E-state index contributed by atoms with van der Waals surface area (Å²) < 4.78 is 10.6. The van der Waals surface area contributed by atoms with Crippen molar-refractivity contribution in [2.75, 3.05) is 32.6 Å². The number of nitrogens with zero attached hydrogens (tertiary/aromatic N) is 2. The van der Waals surface area contributed by atoms with E-state index in [2.05, 4.69) is 10.3 Å². The lowest BCUT2D eigenvalue weighted by molar-refractivity contribution is -0.128. The number of carbonyl (C=O) groups is 2. The number of likely N-dealkylation sites (tertiary alicyclic amines) is 1. The van der Waals surface area contributed by atoms with Crippen LogP contribution in [0.4, 0.5) is 5.69 Å². The second-order valence-electron chi connectivity index (χ2n) is 7.58. The lowest BCUT2D eigenvalue weighted by Gasteiger charge is -2.17. The van der Waals surface area contributed by atoms with Gasteiger partial charge >= 0.3 is 0 Å². The molecule has 0 aliphatic carbocycles. The Morgan fingerprint density at radius 2 is 1.94 bits per heavy atom. The van der Waals surface area contributed by atoms with Crippen LogP contribution in [0, 0.1) is 5.92 Å². The molecule has 1 atom stereocenters. The maximum atomic E-state index is 12.7. The number of methoxy groups -OCH3 is 2. The molecule has 0 unspecified atom stereocenters. The van der Waals surface area contributed by atoms with Crippen LogP contribution < -0.4 is 14.8 Å². The van der Waals surface area contributed by atoms with Crippen molar-refractivity contribution in [3.63, 3.8) is 0 Å². The van der Waals surface area contributed by atoms with Gasteiger partial charge in [-0.25, -0.2) is 4.98 Å². The third kappa shape index (κ3) is 4.91. The molecule has 0 radical (unpaired) electrons. The summed E-state index contributed by atoms with van der Waals surface area (Å²) in [6.07, 6.45) is 2.68. The van der Waals surface area contributed by atoms with Crippen molar-refractivity contribution in [2.24, 2.45) is 5.92 Å². The third-order valence-corrected chi connectivity index (χ3v) is 6.36. The van der Waals surface area contributed by atoms with Crippen LogP contribution >= 0.6 is 11.3 Å². The molecular weight excluding hydrogens is 426 g/mol. The minimum atomic E-state index is -0.355. The molecular formula is C24H25N3O4S. The smallest absolute Gasteiger partial charge is 0.229 e. The number of rotatable bonds is 8. The minimum absolute atomic E-state index is 0.00439. The van der Waals surface area contributed by atoms with Crippen LogP contribution in [-0.4, -0.2) is 49.0 Å². The highest BCUT2D eigenvalue weighted by Crippen LogP contribution is 2.28. The zero-order valence-corrected chi connectivity index (χ0v) is 18.9. The molecule has 166 valence electrons. The molecule has 0 saturated carbocycles. The van der Waals surface area contributed by atoms with E-state index in [1.54, 1.807) is 36.7 Å². The van der Waals surface area contributed by atoms with E-state index in [1.165, 1.54) is 0 Å². The Labute approximate surface area is 191 Å². The lowest BCUT2D eigenvalue weighted by atomic mass is 10.1. The molecule has 1 aliphatic heterocycles. The van der Waals surface area contributed by atoms with E-state index in [4.69, 9.17) is 9.47 Å². The van der Waals surface area contributed by atoms with Gasteiger partial charge in [0.15, 0.2) is 11.5 Å². The molecule has 0 bridgehead atoms. The van der Waals surface area contributed by atoms with Gasteiger partial charge in [-0.05, 0) is 48.4 Å². The Morgan fingerprint density at radius 1 is 1.16 bits per heavy atom. The normalized spacial score (nSPS) is 15.6. The zero-order valence-electron chi connectivity index (χ0n) is 18.0. The van der Waals surface area contributed by atoms with Gasteiger partial charge < -0.3 is 19.7 Å². The highest BCUT2D eigenvalue weighted by Gasteiger charge is 2.34. The molecule has 1 fully saturated rings. The molecule has 32 heavy (non-hydrogen) atoms. The van der Waals surface area contributed by atoms with E-state index >= 15 is 0 Å². The number of nitrogens with one attached hydrogen (secondary N) is 1. The van der Waals surface area contributed by atoms with Crippen LogP contribution in [0.25, 0.3) is 10.6 Å². The summed E-state index contributed by atoms with van der Waals surface area (Å²) in [5.74, 6) is 0.853. The molecule has 1 saturated heterocycles. The number of hydrogen-bond acceptors (Lipinski definition) is 6. The minimum Gasteiger partial charge on any atom is -0.493 e. The first-order chi connectivity index (χ1) is 15.6. The maximum Gasteiger partial charge on any atom is 0.229 e. The van der Waals surface area contributed by atoms with Crippen molar-refractivity contribution in [1.29, 1.82) is 0 Å². The Bertz CT molecular complexity index is 1080. The van der Waals surface area contributed by atoms with Crippen molar-refractivity contribution in [3.05, 3.63) is 59.6 Å². The summed E-state index contributed by atoms with van der Waals surface area (Å²) >= 11 is 1.57. The predicted molar refractivity (Wildman–Crippen MR) is 124 cm³/mol. The first-order valence-corrected chi connectivity index (χ1v) is 11.2. The Balaban J connectivity index is 1.31. The highest BCUT2D eigenvalue weighted by atomic mass is 32.1. The predicted octanol–water partition coefficient (Wildman–Crippen LogP) is 3.86. The van der Waals surface area contributed by atoms with Crippen LogP contribution in [0.1, 0.15) is 12.0 Å². The van der Waals surface area contributed by atoms with E-state index in [0.29, 0.717) is 36.7 Å². The van der Waals surface area contributed by atoms with Crippen molar-refractivity contribution < 1.29 is 19.1 Å². The number of benzene rings is 2. The van der Waals surface area contributed by atoms with Gasteiger partial charge in [-0.2, -0.15) is 0 Å². The third-order valence-electron chi connectivity index (χ3n) is 5.54. The van der Waals surface area contributed by atoms with Crippen LogP contribution in [-0.2, 0) is 16.0 Å². The van der Waals surface area contributed by atoms with Crippen LogP contribution in [0.15, 0.2) is 54.0 Å². The molecule has 2 amide bonds. The maximum absolute atomic E-state index is 12.7. The molecule has 2 aromatic carbocycles. The fourth-order valence-corrected chi connectivity index (χ4v) is 4.42. The quantitative estimate of drug-likeness (QED) is 0.563. The van der Waals surface area contributed by atoms with Crippen molar-refractivity contribution in [3.8, 4) is 22.1 Å². The summed E-state index contributed by atoms with van der Waals surface area (Å²) in [5.41, 5.74) is 2.77. The molecule has 0 spiro atoms. The zero-order chi connectivity index (χ0) is 22.5. The lowest BCUT2D eigenvalue weighted by Crippen LogP contribution is -2.30. The molecule has 1 aromatic heterocycles. The molecule has 8 heteroatoms. The highest BCUT2D eigenvalue weighted by molar-refractivity contribution is 7.13. The molecule has 2 heterocycles.